The molecule has 1 saturated carbocycles. The zero-order valence-corrected chi connectivity index (χ0v) is 24.0. The monoisotopic (exact) mass is 583 g/mol. The summed E-state index contributed by atoms with van der Waals surface area (Å²) in [6.07, 6.45) is 3.90. The number of nitrogens with zero attached hydrogens (tertiary/aromatic N) is 5. The normalized spacial score (nSPS) is 22.0. The molecule has 9 nitrogen and oxygen atoms in total. The van der Waals surface area contributed by atoms with Crippen LogP contribution in [0.1, 0.15) is 49.8 Å². The lowest BCUT2D eigenvalue weighted by molar-refractivity contribution is -0.142. The van der Waals surface area contributed by atoms with Crippen LogP contribution in [-0.4, -0.2) is 76.9 Å². The highest BCUT2D eigenvalue weighted by Crippen LogP contribution is 2.47. The van der Waals surface area contributed by atoms with Gasteiger partial charge in [0, 0.05) is 56.7 Å². The van der Waals surface area contributed by atoms with Crippen LogP contribution in [0.4, 0.5) is 4.79 Å². The number of ether oxygens (including phenoxy) is 1. The zero-order chi connectivity index (χ0) is 28.6. The van der Waals surface area contributed by atoms with Crippen LogP contribution in [-0.2, 0) is 9.59 Å². The smallest absolute Gasteiger partial charge is 0.407 e. The first kappa shape index (κ1) is 28.2. The van der Waals surface area contributed by atoms with Gasteiger partial charge < -0.3 is 19.4 Å². The predicted octanol–water partition coefficient (Wildman–Crippen LogP) is 4.72. The van der Waals surface area contributed by atoms with E-state index in [9.17, 15) is 19.6 Å². The molecule has 210 valence electrons. The number of aromatic nitrogens is 1. The van der Waals surface area contributed by atoms with E-state index in [0.29, 0.717) is 49.1 Å². The number of halogens is 2. The van der Waals surface area contributed by atoms with Crippen molar-refractivity contribution in [3.05, 3.63) is 57.8 Å². The Balaban J connectivity index is 1.31. The third-order valence-corrected chi connectivity index (χ3v) is 9.22. The second-order valence-electron chi connectivity index (χ2n) is 11.2. The second-order valence-corrected chi connectivity index (χ2v) is 12.0. The minimum atomic E-state index is -0.658. The number of hydrogen-bond acceptors (Lipinski definition) is 6. The molecule has 0 bridgehead atoms. The number of hydrogen-bond donors (Lipinski definition) is 0. The summed E-state index contributed by atoms with van der Waals surface area (Å²) in [5, 5.41) is 10.1. The van der Waals surface area contributed by atoms with Gasteiger partial charge in [-0.05, 0) is 55.5 Å². The average Bonchev–Trinajstić information content (AvgIpc) is 3.57. The van der Waals surface area contributed by atoms with Gasteiger partial charge in [-0.15, -0.1) is 0 Å². The molecule has 40 heavy (non-hydrogen) atoms. The lowest BCUT2D eigenvalue weighted by Gasteiger charge is -2.34. The summed E-state index contributed by atoms with van der Waals surface area (Å²) in [5.41, 5.74) is 0.648. The molecule has 0 N–H and O–H groups in total. The van der Waals surface area contributed by atoms with Crippen LogP contribution < -0.4 is 4.74 Å². The number of piperidine rings is 1. The molecule has 2 atom stereocenters. The number of carbonyl (C=O) groups is 3. The molecular weight excluding hydrogens is 553 g/mol. The quantitative estimate of drug-likeness (QED) is 0.504. The van der Waals surface area contributed by atoms with Crippen molar-refractivity contribution in [2.45, 2.75) is 44.6 Å². The Hall–Kier alpha value is -3.35. The summed E-state index contributed by atoms with van der Waals surface area (Å²) in [6.45, 7) is 3.88. The predicted molar refractivity (Wildman–Crippen MR) is 149 cm³/mol. The molecule has 1 aliphatic carbocycles. The van der Waals surface area contributed by atoms with Crippen LogP contribution in [0.3, 0.4) is 0 Å². The summed E-state index contributed by atoms with van der Waals surface area (Å²) in [7, 11) is 1.62. The second kappa shape index (κ2) is 11.3. The minimum absolute atomic E-state index is 0.00834. The van der Waals surface area contributed by atoms with Crippen molar-refractivity contribution in [2.75, 3.05) is 33.2 Å². The largest absolute Gasteiger partial charge is 0.415 e. The molecule has 0 spiro atoms. The minimum Gasteiger partial charge on any atom is -0.407 e. The van der Waals surface area contributed by atoms with Crippen LogP contribution in [0.2, 0.25) is 10.0 Å². The lowest BCUT2D eigenvalue weighted by atomic mass is 9.93. The molecule has 0 radical (unpaired) electrons. The van der Waals surface area contributed by atoms with Gasteiger partial charge in [0.15, 0.2) is 11.4 Å². The maximum Gasteiger partial charge on any atom is 0.415 e. The highest BCUT2D eigenvalue weighted by molar-refractivity contribution is 6.42. The van der Waals surface area contributed by atoms with E-state index < -0.39 is 12.1 Å². The van der Waals surface area contributed by atoms with Gasteiger partial charge in [-0.3, -0.25) is 9.59 Å². The number of rotatable bonds is 5. The summed E-state index contributed by atoms with van der Waals surface area (Å²) < 4.78 is 5.53. The van der Waals surface area contributed by atoms with Crippen molar-refractivity contribution in [3.63, 3.8) is 0 Å². The molecule has 2 aromatic rings. The number of pyridine rings is 1. The van der Waals surface area contributed by atoms with Gasteiger partial charge in [0.2, 0.25) is 11.8 Å². The molecular formula is C29H31Cl2N5O4. The van der Waals surface area contributed by atoms with Gasteiger partial charge in [-0.1, -0.05) is 36.2 Å². The Morgan fingerprint density at radius 3 is 2.48 bits per heavy atom. The van der Waals surface area contributed by atoms with Crippen LogP contribution in [0.25, 0.3) is 0 Å². The van der Waals surface area contributed by atoms with Crippen LogP contribution >= 0.6 is 23.2 Å². The topological polar surface area (TPSA) is 107 Å². The first-order chi connectivity index (χ1) is 19.1. The van der Waals surface area contributed by atoms with Gasteiger partial charge in [0.1, 0.15) is 6.07 Å². The Kier molecular flexibility index (Phi) is 7.94. The highest BCUT2D eigenvalue weighted by Gasteiger charge is 2.48. The Morgan fingerprint density at radius 2 is 1.82 bits per heavy atom. The van der Waals surface area contributed by atoms with Crippen molar-refractivity contribution in [3.8, 4) is 11.8 Å². The summed E-state index contributed by atoms with van der Waals surface area (Å²) in [6, 6.07) is 9.95. The van der Waals surface area contributed by atoms with Crippen LogP contribution in [0, 0.1) is 22.7 Å². The Labute approximate surface area is 243 Å². The number of carbonyl (C=O) groups excluding carboxylic acids is 3. The molecule has 2 saturated heterocycles. The molecule has 1 aromatic carbocycles. The van der Waals surface area contributed by atoms with Gasteiger partial charge >= 0.3 is 6.09 Å². The number of likely N-dealkylation sites (N-methyl/N-ethyl adjacent to an activating group) is 1. The summed E-state index contributed by atoms with van der Waals surface area (Å²) >= 11 is 12.5. The molecule has 3 aliphatic rings. The van der Waals surface area contributed by atoms with E-state index in [1.807, 2.05) is 24.0 Å². The number of nitriles is 1. The van der Waals surface area contributed by atoms with Crippen molar-refractivity contribution >= 4 is 41.1 Å². The highest BCUT2D eigenvalue weighted by atomic mass is 35.5. The maximum atomic E-state index is 13.7. The standard InChI is InChI=1S/C29H31Cl2N5O4/c1-29(9-10-29)27(38)35-12-7-18(8-13-35)26(37)36-16-20(19-5-6-21(30)22(31)14-19)24(17-36)34(2)28(39)40-25-4-3-11-33-23(25)15-32/h3-6,11,14,18,20,24H,7-10,12-13,16-17H2,1-2H3. The van der Waals surface area contributed by atoms with E-state index in [-0.39, 0.29) is 40.5 Å². The van der Waals surface area contributed by atoms with E-state index >= 15 is 0 Å². The SMILES string of the molecule is CN(C(=O)Oc1cccnc1C#N)C1CN(C(=O)C2CCN(C(=O)C3(C)CC3)CC2)CC1c1ccc(Cl)c(Cl)c1. The molecule has 11 heteroatoms. The summed E-state index contributed by atoms with van der Waals surface area (Å²) in [5.74, 6) is -0.127. The molecule has 2 aliphatic heterocycles. The first-order valence-electron chi connectivity index (χ1n) is 13.4. The number of benzene rings is 1. The van der Waals surface area contributed by atoms with Crippen molar-refractivity contribution in [1.82, 2.24) is 19.7 Å². The van der Waals surface area contributed by atoms with E-state index in [1.54, 1.807) is 30.1 Å². The molecule has 5 rings (SSSR count). The van der Waals surface area contributed by atoms with Crippen LogP contribution in [0.15, 0.2) is 36.5 Å². The van der Waals surface area contributed by atoms with Gasteiger partial charge in [-0.2, -0.15) is 5.26 Å². The Morgan fingerprint density at radius 1 is 1.10 bits per heavy atom. The fourth-order valence-corrected chi connectivity index (χ4v) is 5.97. The first-order valence-corrected chi connectivity index (χ1v) is 14.2. The zero-order valence-electron chi connectivity index (χ0n) is 22.5. The van der Waals surface area contributed by atoms with E-state index in [1.165, 1.54) is 17.2 Å². The third kappa shape index (κ3) is 5.61. The van der Waals surface area contributed by atoms with Crippen LogP contribution in [0.5, 0.6) is 5.75 Å². The fourth-order valence-electron chi connectivity index (χ4n) is 5.66. The summed E-state index contributed by atoms with van der Waals surface area (Å²) in [4.78, 5) is 48.8. The van der Waals surface area contributed by atoms with Crippen molar-refractivity contribution in [2.24, 2.45) is 11.3 Å². The fraction of sp³-hybridized carbons (Fsp3) is 0.483. The van der Waals surface area contributed by atoms with Crippen molar-refractivity contribution in [1.29, 1.82) is 5.26 Å². The van der Waals surface area contributed by atoms with E-state index in [4.69, 9.17) is 27.9 Å². The van der Waals surface area contributed by atoms with Crippen molar-refractivity contribution < 1.29 is 19.1 Å². The van der Waals surface area contributed by atoms with E-state index in [0.717, 1.165) is 18.4 Å². The third-order valence-electron chi connectivity index (χ3n) is 8.48. The molecule has 1 aromatic heterocycles. The lowest BCUT2D eigenvalue weighted by Crippen LogP contribution is -2.46. The van der Waals surface area contributed by atoms with Gasteiger partial charge in [-0.25, -0.2) is 9.78 Å². The average molecular weight is 585 g/mol. The van der Waals surface area contributed by atoms with Gasteiger partial charge in [0.25, 0.3) is 0 Å². The van der Waals surface area contributed by atoms with E-state index in [2.05, 4.69) is 4.98 Å². The maximum absolute atomic E-state index is 13.7. The number of amides is 3. The Bertz CT molecular complexity index is 1370. The molecule has 2 unspecified atom stereocenters. The number of likely N-dealkylation sites (tertiary alicyclic amines) is 2. The molecule has 3 fully saturated rings. The molecule has 3 heterocycles. The molecule has 3 amide bonds. The van der Waals surface area contributed by atoms with Gasteiger partial charge in [0.05, 0.1) is 16.1 Å².